The summed E-state index contributed by atoms with van der Waals surface area (Å²) >= 11 is 3.15. The van der Waals surface area contributed by atoms with E-state index in [0.29, 0.717) is 44.0 Å². The lowest BCUT2D eigenvalue weighted by Crippen LogP contribution is -2.48. The molecule has 0 spiro atoms. The van der Waals surface area contributed by atoms with Crippen LogP contribution in [0.1, 0.15) is 45.1 Å². The summed E-state index contributed by atoms with van der Waals surface area (Å²) in [4.78, 5) is 40.2. The zero-order valence-electron chi connectivity index (χ0n) is 20.1. The number of hydrogen-bond acceptors (Lipinski definition) is 9. The van der Waals surface area contributed by atoms with Crippen molar-refractivity contribution in [3.8, 4) is 0 Å². The molecule has 0 bridgehead atoms. The molecule has 1 aromatic heterocycles. The number of nitro benzene ring substituents is 1. The molecule has 1 atom stereocenters. The van der Waals surface area contributed by atoms with Crippen LogP contribution in [-0.4, -0.2) is 66.0 Å². The number of anilines is 1. The summed E-state index contributed by atoms with van der Waals surface area (Å²) in [6, 6.07) is 15.1. The first-order valence-corrected chi connectivity index (χ1v) is 12.6. The number of ketones is 1. The fourth-order valence-electron chi connectivity index (χ4n) is 4.31. The molecule has 2 aromatic carbocycles. The van der Waals surface area contributed by atoms with Crippen LogP contribution < -0.4 is 4.90 Å². The first-order valence-electron chi connectivity index (χ1n) is 11.8. The third kappa shape index (κ3) is 6.07. The summed E-state index contributed by atoms with van der Waals surface area (Å²) < 4.78 is 10.5. The number of piperazine rings is 1. The van der Waals surface area contributed by atoms with Crippen molar-refractivity contribution in [1.29, 1.82) is 0 Å². The van der Waals surface area contributed by atoms with Crippen LogP contribution in [0.2, 0.25) is 0 Å². The number of furan rings is 1. The van der Waals surface area contributed by atoms with Crippen LogP contribution in [0.5, 0.6) is 0 Å². The number of carbonyl (C=O) groups excluding carboxylic acids is 2. The van der Waals surface area contributed by atoms with Gasteiger partial charge in [-0.15, -0.1) is 0 Å². The van der Waals surface area contributed by atoms with E-state index in [1.165, 1.54) is 12.1 Å². The number of hydrogen-bond donors (Lipinski definition) is 1. The first-order chi connectivity index (χ1) is 17.8. The van der Waals surface area contributed by atoms with E-state index >= 15 is 0 Å². The van der Waals surface area contributed by atoms with Crippen molar-refractivity contribution in [3.05, 3.63) is 91.8 Å². The second kappa shape index (κ2) is 11.7. The predicted molar refractivity (Wildman–Crippen MR) is 139 cm³/mol. The lowest BCUT2D eigenvalue weighted by atomic mass is 9.99. The zero-order chi connectivity index (χ0) is 26.5. The van der Waals surface area contributed by atoms with E-state index < -0.39 is 17.0 Å². The van der Waals surface area contributed by atoms with Crippen molar-refractivity contribution in [2.45, 2.75) is 13.0 Å². The molecular formula is C26H26BrN3O7. The molecule has 3 aromatic rings. The summed E-state index contributed by atoms with van der Waals surface area (Å²) in [5.41, 5.74) is 1.18. The number of nitrogens with zero attached hydrogens (tertiary/aromatic N) is 3. The van der Waals surface area contributed by atoms with Gasteiger partial charge in [-0.2, -0.15) is 0 Å². The van der Waals surface area contributed by atoms with Crippen LogP contribution >= 0.6 is 15.9 Å². The smallest absolute Gasteiger partial charge is 0.374 e. The van der Waals surface area contributed by atoms with E-state index in [0.717, 1.165) is 0 Å². The number of halogens is 1. The van der Waals surface area contributed by atoms with Gasteiger partial charge in [-0.25, -0.2) is 4.79 Å². The van der Waals surface area contributed by atoms with Crippen molar-refractivity contribution < 1.29 is 28.8 Å². The molecule has 0 radical (unpaired) electrons. The lowest BCUT2D eigenvalue weighted by Gasteiger charge is -2.36. The van der Waals surface area contributed by atoms with E-state index in [9.17, 15) is 24.8 Å². The number of nitro groups is 1. The van der Waals surface area contributed by atoms with Gasteiger partial charge >= 0.3 is 5.97 Å². The van der Waals surface area contributed by atoms with Crippen LogP contribution in [0.15, 0.2) is 63.7 Å². The Labute approximate surface area is 221 Å². The Bertz CT molecular complexity index is 1290. The maximum atomic E-state index is 12.5. The molecule has 1 saturated heterocycles. The second-order valence-electron chi connectivity index (χ2n) is 8.51. The first kappa shape index (κ1) is 26.5. The largest absolute Gasteiger partial charge is 0.460 e. The standard InChI is InChI=1S/C26H26BrN3O7/c1-2-36-26(33)25-20(15-23(27)37-25)24(32)19-14-18(8-9-21(19)30(34)35)29-12-10-28(11-13-29)16-22(31)17-6-4-3-5-7-17/h3-9,14-15,24,32H,2,10-13,16H2,1H3. The molecular weight excluding hydrogens is 546 g/mol. The Morgan fingerprint density at radius 3 is 2.46 bits per heavy atom. The Morgan fingerprint density at radius 1 is 1.11 bits per heavy atom. The van der Waals surface area contributed by atoms with E-state index in [1.54, 1.807) is 31.2 Å². The lowest BCUT2D eigenvalue weighted by molar-refractivity contribution is -0.386. The highest BCUT2D eigenvalue weighted by Crippen LogP contribution is 2.37. The van der Waals surface area contributed by atoms with Gasteiger partial charge in [0, 0.05) is 49.1 Å². The van der Waals surface area contributed by atoms with Gasteiger partial charge in [-0.05, 0) is 41.1 Å². The minimum Gasteiger partial charge on any atom is -0.460 e. The van der Waals surface area contributed by atoms with Gasteiger partial charge in [-0.3, -0.25) is 19.8 Å². The monoisotopic (exact) mass is 571 g/mol. The van der Waals surface area contributed by atoms with Crippen LogP contribution in [0.3, 0.4) is 0 Å². The molecule has 1 fully saturated rings. The molecule has 11 heteroatoms. The average molecular weight is 572 g/mol. The molecule has 194 valence electrons. The van der Waals surface area contributed by atoms with Gasteiger partial charge in [0.2, 0.25) is 5.76 Å². The Kier molecular flexibility index (Phi) is 8.37. The molecule has 0 amide bonds. The number of Topliss-reactive ketones (excluding diaryl/α,β-unsaturated/α-hetero) is 1. The maximum absolute atomic E-state index is 12.5. The number of aliphatic hydroxyl groups is 1. The van der Waals surface area contributed by atoms with Gasteiger partial charge in [0.05, 0.1) is 23.6 Å². The topological polar surface area (TPSA) is 126 Å². The Morgan fingerprint density at radius 2 is 1.81 bits per heavy atom. The third-order valence-electron chi connectivity index (χ3n) is 6.19. The third-order valence-corrected chi connectivity index (χ3v) is 6.58. The minimum atomic E-state index is -1.50. The van der Waals surface area contributed by atoms with Crippen LogP contribution in [0.25, 0.3) is 0 Å². The molecule has 10 nitrogen and oxygen atoms in total. The van der Waals surface area contributed by atoms with Crippen molar-refractivity contribution in [1.82, 2.24) is 4.90 Å². The summed E-state index contributed by atoms with van der Waals surface area (Å²) in [7, 11) is 0. The number of ether oxygens (including phenoxy) is 1. The van der Waals surface area contributed by atoms with Gasteiger partial charge < -0.3 is 19.2 Å². The highest BCUT2D eigenvalue weighted by Gasteiger charge is 2.31. The van der Waals surface area contributed by atoms with Gasteiger partial charge in [-0.1, -0.05) is 30.3 Å². The summed E-state index contributed by atoms with van der Waals surface area (Å²) in [6.07, 6.45) is -1.50. The summed E-state index contributed by atoms with van der Waals surface area (Å²) in [6.45, 7) is 4.52. The molecule has 0 saturated carbocycles. The number of rotatable bonds is 9. The Balaban J connectivity index is 1.52. The van der Waals surface area contributed by atoms with Crippen LogP contribution in [0.4, 0.5) is 11.4 Å². The van der Waals surface area contributed by atoms with Crippen molar-refractivity contribution in [2.75, 3.05) is 44.2 Å². The highest BCUT2D eigenvalue weighted by atomic mass is 79.9. The molecule has 1 unspecified atom stereocenters. The molecule has 4 rings (SSSR count). The number of carbonyl (C=O) groups is 2. The molecule has 0 aliphatic carbocycles. The SMILES string of the molecule is CCOC(=O)c1oc(Br)cc1C(O)c1cc(N2CCN(CC(=O)c3ccccc3)CC2)ccc1[N+](=O)[O-]. The maximum Gasteiger partial charge on any atom is 0.374 e. The van der Waals surface area contributed by atoms with Crippen molar-refractivity contribution >= 4 is 39.1 Å². The molecule has 1 aliphatic rings. The molecule has 2 heterocycles. The average Bonchev–Trinajstić information content (AvgIpc) is 3.30. The predicted octanol–water partition coefficient (Wildman–Crippen LogP) is 4.21. The molecule has 37 heavy (non-hydrogen) atoms. The zero-order valence-corrected chi connectivity index (χ0v) is 21.7. The summed E-state index contributed by atoms with van der Waals surface area (Å²) in [5.74, 6) is -0.946. The van der Waals surface area contributed by atoms with Crippen LogP contribution in [-0.2, 0) is 4.74 Å². The minimum absolute atomic E-state index is 0.0306. The van der Waals surface area contributed by atoms with E-state index in [4.69, 9.17) is 9.15 Å². The Hall–Kier alpha value is -3.54. The van der Waals surface area contributed by atoms with Gasteiger partial charge in [0.15, 0.2) is 10.5 Å². The normalized spacial score (nSPS) is 14.8. The van der Waals surface area contributed by atoms with E-state index in [1.807, 2.05) is 23.1 Å². The van der Waals surface area contributed by atoms with E-state index in [-0.39, 0.29) is 39.6 Å². The fraction of sp³-hybridized carbons (Fsp3) is 0.308. The molecule has 1 N–H and O–H groups in total. The summed E-state index contributed by atoms with van der Waals surface area (Å²) in [5, 5.41) is 22.9. The van der Waals surface area contributed by atoms with Crippen LogP contribution in [0, 0.1) is 10.1 Å². The van der Waals surface area contributed by atoms with Crippen molar-refractivity contribution in [2.24, 2.45) is 0 Å². The number of aliphatic hydroxyl groups excluding tert-OH is 1. The van der Waals surface area contributed by atoms with Crippen molar-refractivity contribution in [3.63, 3.8) is 0 Å². The van der Waals surface area contributed by atoms with Gasteiger partial charge in [0.25, 0.3) is 5.69 Å². The van der Waals surface area contributed by atoms with E-state index in [2.05, 4.69) is 20.8 Å². The fourth-order valence-corrected chi connectivity index (χ4v) is 4.72. The number of esters is 1. The quantitative estimate of drug-likeness (QED) is 0.174. The van der Waals surface area contributed by atoms with Gasteiger partial charge in [0.1, 0.15) is 6.10 Å². The second-order valence-corrected chi connectivity index (χ2v) is 9.29. The highest BCUT2D eigenvalue weighted by molar-refractivity contribution is 9.10. The number of benzene rings is 2. The molecule has 1 aliphatic heterocycles.